The van der Waals surface area contributed by atoms with Gasteiger partial charge in [-0.25, -0.2) is 0 Å². The molecule has 1 unspecified atom stereocenters. The maximum atomic E-state index is 12.1. The van der Waals surface area contributed by atoms with Crippen LogP contribution in [0.25, 0.3) is 0 Å². The summed E-state index contributed by atoms with van der Waals surface area (Å²) < 4.78 is 40.5. The summed E-state index contributed by atoms with van der Waals surface area (Å²) in [7, 11) is -3.82. The van der Waals surface area contributed by atoms with Crippen LogP contribution in [0.3, 0.4) is 0 Å². The molecule has 0 saturated carbocycles. The van der Waals surface area contributed by atoms with Crippen LogP contribution in [0.1, 0.15) is 5.56 Å². The molecule has 0 saturated heterocycles. The molecule has 23 heavy (non-hydrogen) atoms. The molecule has 2 aromatic rings. The van der Waals surface area contributed by atoms with Crippen LogP contribution in [0.15, 0.2) is 47.4 Å². The number of halogens is 1. The molecule has 0 aliphatic carbocycles. The van der Waals surface area contributed by atoms with E-state index in [-0.39, 0.29) is 18.1 Å². The highest BCUT2D eigenvalue weighted by atomic mass is 35.5. The van der Waals surface area contributed by atoms with Crippen LogP contribution in [0.2, 0.25) is 5.02 Å². The molecular formula is C16H15ClO5S. The largest absolute Gasteiger partial charge is 0.486 e. The highest BCUT2D eigenvalue weighted by Crippen LogP contribution is 2.34. The van der Waals surface area contributed by atoms with E-state index in [0.29, 0.717) is 16.5 Å². The highest BCUT2D eigenvalue weighted by molar-refractivity contribution is 7.86. The molecule has 0 bridgehead atoms. The topological polar surface area (TPSA) is 61.8 Å². The van der Waals surface area contributed by atoms with Crippen LogP contribution in [0.5, 0.6) is 11.5 Å². The lowest BCUT2D eigenvalue weighted by atomic mass is 10.2. The van der Waals surface area contributed by atoms with Gasteiger partial charge in [-0.3, -0.25) is 4.18 Å². The molecule has 0 aromatic heterocycles. The summed E-state index contributed by atoms with van der Waals surface area (Å²) in [6, 6.07) is 11.5. The molecule has 122 valence electrons. The molecule has 0 fully saturated rings. The molecular weight excluding hydrogens is 340 g/mol. The molecule has 0 amide bonds. The summed E-state index contributed by atoms with van der Waals surface area (Å²) >= 11 is 5.87. The average Bonchev–Trinajstić information content (AvgIpc) is 2.53. The first-order valence-corrected chi connectivity index (χ1v) is 8.78. The first kappa shape index (κ1) is 16.1. The van der Waals surface area contributed by atoms with E-state index in [1.807, 2.05) is 6.92 Å². The predicted molar refractivity (Wildman–Crippen MR) is 85.7 cm³/mol. The molecule has 5 nitrogen and oxygen atoms in total. The number of rotatable bonds is 4. The Bertz CT molecular complexity index is 802. The van der Waals surface area contributed by atoms with E-state index >= 15 is 0 Å². The maximum Gasteiger partial charge on any atom is 0.297 e. The van der Waals surface area contributed by atoms with Crippen molar-refractivity contribution in [3.05, 3.63) is 53.1 Å². The van der Waals surface area contributed by atoms with Crippen molar-refractivity contribution in [3.63, 3.8) is 0 Å². The number of hydrogen-bond donors (Lipinski definition) is 0. The van der Waals surface area contributed by atoms with Gasteiger partial charge in [-0.05, 0) is 31.2 Å². The fourth-order valence-corrected chi connectivity index (χ4v) is 3.21. The molecule has 0 spiro atoms. The predicted octanol–water partition coefficient (Wildman–Crippen LogP) is 3.19. The molecule has 0 radical (unpaired) electrons. The maximum absolute atomic E-state index is 12.1. The Morgan fingerprint density at radius 3 is 2.65 bits per heavy atom. The van der Waals surface area contributed by atoms with Gasteiger partial charge in [0.2, 0.25) is 0 Å². The summed E-state index contributed by atoms with van der Waals surface area (Å²) in [6.45, 7) is 1.95. The normalized spacial score (nSPS) is 17.0. The van der Waals surface area contributed by atoms with Crippen molar-refractivity contribution >= 4 is 21.7 Å². The zero-order valence-electron chi connectivity index (χ0n) is 12.4. The minimum Gasteiger partial charge on any atom is -0.486 e. The van der Waals surface area contributed by atoms with E-state index in [9.17, 15) is 8.42 Å². The zero-order chi connectivity index (χ0) is 16.4. The Labute approximate surface area is 139 Å². The summed E-state index contributed by atoms with van der Waals surface area (Å²) in [6.07, 6.45) is -0.510. The number of hydrogen-bond acceptors (Lipinski definition) is 5. The van der Waals surface area contributed by atoms with Crippen molar-refractivity contribution in [3.8, 4) is 11.5 Å². The van der Waals surface area contributed by atoms with Gasteiger partial charge in [0, 0.05) is 11.1 Å². The lowest BCUT2D eigenvalue weighted by Crippen LogP contribution is -2.34. The molecule has 1 aliphatic heterocycles. The number of ether oxygens (including phenoxy) is 2. The van der Waals surface area contributed by atoms with E-state index in [2.05, 4.69) is 0 Å². The Hall–Kier alpha value is -1.76. The summed E-state index contributed by atoms with van der Waals surface area (Å²) in [4.78, 5) is 0.118. The van der Waals surface area contributed by atoms with Crippen molar-refractivity contribution in [2.75, 3.05) is 13.2 Å². The van der Waals surface area contributed by atoms with E-state index in [0.717, 1.165) is 5.56 Å². The van der Waals surface area contributed by atoms with Crippen molar-refractivity contribution in [1.82, 2.24) is 0 Å². The average molecular weight is 355 g/mol. The van der Waals surface area contributed by atoms with Crippen LogP contribution >= 0.6 is 11.6 Å². The van der Waals surface area contributed by atoms with E-state index in [1.165, 1.54) is 12.1 Å². The third-order valence-corrected chi connectivity index (χ3v) is 4.87. The molecule has 7 heteroatoms. The van der Waals surface area contributed by atoms with Gasteiger partial charge in [0.15, 0.2) is 17.6 Å². The minimum atomic E-state index is -3.82. The zero-order valence-corrected chi connectivity index (χ0v) is 13.9. The molecule has 0 N–H and O–H groups in total. The molecule has 1 atom stereocenters. The third kappa shape index (κ3) is 3.77. The van der Waals surface area contributed by atoms with Gasteiger partial charge in [-0.15, -0.1) is 0 Å². The lowest BCUT2D eigenvalue weighted by molar-refractivity contribution is 0.0555. The van der Waals surface area contributed by atoms with Gasteiger partial charge in [0.1, 0.15) is 13.2 Å². The third-order valence-electron chi connectivity index (χ3n) is 3.34. The second kappa shape index (κ2) is 6.39. The van der Waals surface area contributed by atoms with E-state index in [1.54, 1.807) is 30.3 Å². The summed E-state index contributed by atoms with van der Waals surface area (Å²) in [5, 5.41) is 0.545. The molecule has 3 rings (SSSR count). The fraction of sp³-hybridized carbons (Fsp3) is 0.250. The lowest BCUT2D eigenvalue weighted by Gasteiger charge is -2.26. The van der Waals surface area contributed by atoms with Crippen LogP contribution in [-0.2, 0) is 14.3 Å². The monoisotopic (exact) mass is 354 g/mol. The van der Waals surface area contributed by atoms with Crippen molar-refractivity contribution in [2.45, 2.75) is 17.9 Å². The van der Waals surface area contributed by atoms with Gasteiger partial charge in [-0.2, -0.15) is 8.42 Å². The minimum absolute atomic E-state index is 0.118. The fourth-order valence-electron chi connectivity index (χ4n) is 2.11. The highest BCUT2D eigenvalue weighted by Gasteiger charge is 2.24. The van der Waals surface area contributed by atoms with Gasteiger partial charge >= 0.3 is 0 Å². The first-order valence-electron chi connectivity index (χ1n) is 6.99. The quantitative estimate of drug-likeness (QED) is 0.789. The van der Waals surface area contributed by atoms with Crippen LogP contribution in [0.4, 0.5) is 0 Å². The van der Waals surface area contributed by atoms with Crippen LogP contribution in [0, 0.1) is 6.92 Å². The summed E-state index contributed by atoms with van der Waals surface area (Å²) in [5.41, 5.74) is 0.975. The molecule has 1 aliphatic rings. The summed E-state index contributed by atoms with van der Waals surface area (Å²) in [5.74, 6) is 1.05. The Kier molecular flexibility index (Phi) is 4.48. The van der Waals surface area contributed by atoms with Crippen molar-refractivity contribution in [2.24, 2.45) is 0 Å². The van der Waals surface area contributed by atoms with Crippen molar-refractivity contribution in [1.29, 1.82) is 0 Å². The van der Waals surface area contributed by atoms with Gasteiger partial charge in [0.25, 0.3) is 10.1 Å². The number of fused-ring (bicyclic) bond motifs is 1. The van der Waals surface area contributed by atoms with Crippen LogP contribution < -0.4 is 9.47 Å². The Morgan fingerprint density at radius 1 is 1.17 bits per heavy atom. The van der Waals surface area contributed by atoms with Gasteiger partial charge < -0.3 is 9.47 Å². The number of aryl methyl sites for hydroxylation is 1. The molecule has 1 heterocycles. The van der Waals surface area contributed by atoms with E-state index in [4.69, 9.17) is 25.3 Å². The first-order chi connectivity index (χ1) is 10.9. The van der Waals surface area contributed by atoms with Gasteiger partial charge in [0.05, 0.1) is 4.90 Å². The van der Waals surface area contributed by atoms with Crippen LogP contribution in [-0.4, -0.2) is 27.7 Å². The molecule has 2 aromatic carbocycles. The van der Waals surface area contributed by atoms with Crippen molar-refractivity contribution < 1.29 is 22.1 Å². The Morgan fingerprint density at radius 2 is 1.91 bits per heavy atom. The second-order valence-corrected chi connectivity index (χ2v) is 7.25. The van der Waals surface area contributed by atoms with Gasteiger partial charge in [-0.1, -0.05) is 29.3 Å². The number of benzene rings is 2. The smallest absolute Gasteiger partial charge is 0.297 e. The standard InChI is InChI=1S/C16H15ClO5S/c1-11-2-5-14(6-3-11)23(18,19)21-10-13-9-20-16-8-12(17)4-7-15(16)22-13/h2-8,13H,9-10H2,1H3. The van der Waals surface area contributed by atoms with E-state index < -0.39 is 16.2 Å². The Balaban J connectivity index is 1.65. The second-order valence-electron chi connectivity index (χ2n) is 5.19. The SMILES string of the molecule is Cc1ccc(S(=O)(=O)OCC2COc3cc(Cl)ccc3O2)cc1.